The van der Waals surface area contributed by atoms with Crippen LogP contribution in [0.4, 0.5) is 5.69 Å². The van der Waals surface area contributed by atoms with E-state index in [0.29, 0.717) is 27.7 Å². The molecule has 0 saturated heterocycles. The van der Waals surface area contributed by atoms with Gasteiger partial charge in [-0.1, -0.05) is 54.4 Å². The van der Waals surface area contributed by atoms with Crippen LogP contribution in [0.15, 0.2) is 48.5 Å². The molecule has 0 radical (unpaired) electrons. The van der Waals surface area contributed by atoms with Gasteiger partial charge in [-0.15, -0.1) is 0 Å². The SMILES string of the molecule is CC[C@@H](C(=O)NC(C)(C)C)N(Cc1ccc(Cl)cc1Cl)C(=O)CN(c1ccccc1)S(C)(=O)=O. The van der Waals surface area contributed by atoms with Gasteiger partial charge in [0.05, 0.1) is 11.9 Å². The minimum absolute atomic E-state index is 0.0112. The first-order valence-electron chi connectivity index (χ1n) is 10.8. The summed E-state index contributed by atoms with van der Waals surface area (Å²) in [5.74, 6) is -0.866. The molecule has 2 rings (SSSR count). The van der Waals surface area contributed by atoms with Crippen molar-refractivity contribution in [3.8, 4) is 0 Å². The third-order valence-electron chi connectivity index (χ3n) is 4.96. The summed E-state index contributed by atoms with van der Waals surface area (Å²) in [5, 5.41) is 3.70. The van der Waals surface area contributed by atoms with Crippen LogP contribution in [0.3, 0.4) is 0 Å². The first-order chi connectivity index (χ1) is 15.7. The monoisotopic (exact) mass is 527 g/mol. The molecule has 0 unspecified atom stereocenters. The summed E-state index contributed by atoms with van der Waals surface area (Å²) in [6, 6.07) is 12.4. The van der Waals surface area contributed by atoms with E-state index in [4.69, 9.17) is 23.2 Å². The molecular formula is C24H31Cl2N3O4S. The molecular weight excluding hydrogens is 497 g/mol. The van der Waals surface area contributed by atoms with E-state index < -0.39 is 34.1 Å². The number of benzene rings is 2. The van der Waals surface area contributed by atoms with E-state index in [1.165, 1.54) is 4.90 Å². The van der Waals surface area contributed by atoms with Gasteiger partial charge < -0.3 is 10.2 Å². The molecule has 0 saturated carbocycles. The number of hydrogen-bond acceptors (Lipinski definition) is 4. The molecule has 0 aliphatic rings. The van der Waals surface area contributed by atoms with Gasteiger partial charge in [-0.2, -0.15) is 0 Å². The van der Waals surface area contributed by atoms with E-state index in [0.717, 1.165) is 10.6 Å². The van der Waals surface area contributed by atoms with Crippen LogP contribution in [0, 0.1) is 0 Å². The number of anilines is 1. The lowest BCUT2D eigenvalue weighted by Crippen LogP contribution is -2.55. The Balaban J connectivity index is 2.47. The lowest BCUT2D eigenvalue weighted by molar-refractivity contribution is -0.141. The first kappa shape index (κ1) is 28.0. The second kappa shape index (κ2) is 11.4. The number of rotatable bonds is 9. The van der Waals surface area contributed by atoms with Crippen molar-refractivity contribution in [2.24, 2.45) is 0 Å². The Bertz CT molecular complexity index is 1120. The Kier molecular flexibility index (Phi) is 9.39. The highest BCUT2D eigenvalue weighted by Crippen LogP contribution is 2.25. The number of halogens is 2. The van der Waals surface area contributed by atoms with Gasteiger partial charge in [-0.05, 0) is 57.0 Å². The molecule has 34 heavy (non-hydrogen) atoms. The Morgan fingerprint density at radius 1 is 1.06 bits per heavy atom. The van der Waals surface area contributed by atoms with E-state index in [2.05, 4.69) is 5.32 Å². The van der Waals surface area contributed by atoms with Gasteiger partial charge in [0.1, 0.15) is 12.6 Å². The van der Waals surface area contributed by atoms with Crippen molar-refractivity contribution in [1.82, 2.24) is 10.2 Å². The summed E-state index contributed by atoms with van der Waals surface area (Å²) in [6.45, 7) is 6.88. The van der Waals surface area contributed by atoms with Crippen LogP contribution < -0.4 is 9.62 Å². The van der Waals surface area contributed by atoms with Crippen molar-refractivity contribution < 1.29 is 18.0 Å². The Morgan fingerprint density at radius 3 is 2.18 bits per heavy atom. The minimum atomic E-state index is -3.77. The number of hydrogen-bond donors (Lipinski definition) is 1. The summed E-state index contributed by atoms with van der Waals surface area (Å²) < 4.78 is 26.1. The Labute approximate surface area is 212 Å². The number of carbonyl (C=O) groups excluding carboxylic acids is 2. The van der Waals surface area contributed by atoms with Gasteiger partial charge in [-0.3, -0.25) is 13.9 Å². The molecule has 186 valence electrons. The smallest absolute Gasteiger partial charge is 0.244 e. The zero-order valence-electron chi connectivity index (χ0n) is 20.0. The number of nitrogens with zero attached hydrogens (tertiary/aromatic N) is 2. The maximum Gasteiger partial charge on any atom is 0.244 e. The van der Waals surface area contributed by atoms with Gasteiger partial charge in [0.25, 0.3) is 0 Å². The number of nitrogens with one attached hydrogen (secondary N) is 1. The van der Waals surface area contributed by atoms with E-state index >= 15 is 0 Å². The molecule has 0 aliphatic carbocycles. The van der Waals surface area contributed by atoms with E-state index in [1.807, 2.05) is 20.8 Å². The molecule has 7 nitrogen and oxygen atoms in total. The summed E-state index contributed by atoms with van der Waals surface area (Å²) in [5.41, 5.74) is 0.432. The van der Waals surface area contributed by atoms with Crippen molar-refractivity contribution >= 4 is 50.7 Å². The molecule has 2 aromatic rings. The zero-order chi connectivity index (χ0) is 25.7. The topological polar surface area (TPSA) is 86.8 Å². The number of carbonyl (C=O) groups is 2. The zero-order valence-corrected chi connectivity index (χ0v) is 22.3. The third kappa shape index (κ3) is 7.89. The maximum absolute atomic E-state index is 13.6. The fourth-order valence-corrected chi connectivity index (χ4v) is 4.73. The maximum atomic E-state index is 13.6. The average Bonchev–Trinajstić information content (AvgIpc) is 2.71. The van der Waals surface area contributed by atoms with Crippen molar-refractivity contribution in [2.75, 3.05) is 17.1 Å². The van der Waals surface area contributed by atoms with E-state index in [-0.39, 0.29) is 12.5 Å². The van der Waals surface area contributed by atoms with Crippen molar-refractivity contribution in [1.29, 1.82) is 0 Å². The molecule has 1 N–H and O–H groups in total. The highest BCUT2D eigenvalue weighted by molar-refractivity contribution is 7.92. The number of para-hydroxylation sites is 1. The molecule has 0 spiro atoms. The largest absolute Gasteiger partial charge is 0.350 e. The van der Waals surface area contributed by atoms with Gasteiger partial charge in [0.15, 0.2) is 0 Å². The van der Waals surface area contributed by atoms with Gasteiger partial charge in [-0.25, -0.2) is 8.42 Å². The van der Waals surface area contributed by atoms with Crippen LogP contribution in [0.25, 0.3) is 0 Å². The summed E-state index contributed by atoms with van der Waals surface area (Å²) >= 11 is 12.4. The molecule has 0 heterocycles. The van der Waals surface area contributed by atoms with Crippen molar-refractivity contribution in [2.45, 2.75) is 52.2 Å². The van der Waals surface area contributed by atoms with Crippen LogP contribution in [0.5, 0.6) is 0 Å². The summed E-state index contributed by atoms with van der Waals surface area (Å²) in [4.78, 5) is 28.1. The second-order valence-corrected chi connectivity index (χ2v) is 11.8. The highest BCUT2D eigenvalue weighted by atomic mass is 35.5. The normalized spacial score (nSPS) is 12.7. The molecule has 1 atom stereocenters. The predicted molar refractivity (Wildman–Crippen MR) is 138 cm³/mol. The second-order valence-electron chi connectivity index (χ2n) is 9.03. The molecule has 0 bridgehead atoms. The van der Waals surface area contributed by atoms with Crippen molar-refractivity contribution in [3.05, 3.63) is 64.1 Å². The standard InChI is InChI=1S/C24H31Cl2N3O4S/c1-6-21(23(31)27-24(2,3)4)28(15-17-12-13-18(25)14-20(17)26)22(30)16-29(34(5,32)33)19-10-8-7-9-11-19/h7-14,21H,6,15-16H2,1-5H3,(H,27,31)/t21-/m0/s1. The molecule has 2 amide bonds. The molecule has 0 fully saturated rings. The molecule has 0 aromatic heterocycles. The molecule has 0 aliphatic heterocycles. The Hall–Kier alpha value is -2.29. The van der Waals surface area contributed by atoms with Crippen LogP contribution in [0.2, 0.25) is 10.0 Å². The highest BCUT2D eigenvalue weighted by Gasteiger charge is 2.33. The fraction of sp³-hybridized carbons (Fsp3) is 0.417. The lowest BCUT2D eigenvalue weighted by atomic mass is 10.1. The summed E-state index contributed by atoms with van der Waals surface area (Å²) in [6.07, 6.45) is 1.36. The first-order valence-corrected chi connectivity index (χ1v) is 13.4. The van der Waals surface area contributed by atoms with Crippen LogP contribution >= 0.6 is 23.2 Å². The van der Waals surface area contributed by atoms with Crippen LogP contribution in [0.1, 0.15) is 39.7 Å². The number of amides is 2. The predicted octanol–water partition coefficient (Wildman–Crippen LogP) is 4.48. The quantitative estimate of drug-likeness (QED) is 0.520. The van der Waals surface area contributed by atoms with E-state index in [9.17, 15) is 18.0 Å². The minimum Gasteiger partial charge on any atom is -0.350 e. The fourth-order valence-electron chi connectivity index (χ4n) is 3.41. The van der Waals surface area contributed by atoms with E-state index in [1.54, 1.807) is 55.5 Å². The molecule has 10 heteroatoms. The van der Waals surface area contributed by atoms with Crippen LogP contribution in [-0.2, 0) is 26.2 Å². The van der Waals surface area contributed by atoms with Crippen LogP contribution in [-0.4, -0.2) is 49.5 Å². The average molecular weight is 529 g/mol. The summed E-state index contributed by atoms with van der Waals surface area (Å²) in [7, 11) is -3.77. The lowest BCUT2D eigenvalue weighted by Gasteiger charge is -2.34. The Morgan fingerprint density at radius 2 is 1.68 bits per heavy atom. The van der Waals surface area contributed by atoms with Gasteiger partial charge in [0, 0.05) is 22.1 Å². The third-order valence-corrected chi connectivity index (χ3v) is 6.69. The number of sulfonamides is 1. The van der Waals surface area contributed by atoms with Crippen molar-refractivity contribution in [3.63, 3.8) is 0 Å². The van der Waals surface area contributed by atoms with Gasteiger partial charge in [0.2, 0.25) is 21.8 Å². The molecule has 2 aromatic carbocycles. The van der Waals surface area contributed by atoms with Gasteiger partial charge >= 0.3 is 0 Å².